The Morgan fingerprint density at radius 1 is 1.26 bits per heavy atom. The first-order valence-corrected chi connectivity index (χ1v) is 9.13. The number of guanidine groups is 1. The summed E-state index contributed by atoms with van der Waals surface area (Å²) in [7, 11) is 3.49. The third-order valence-corrected chi connectivity index (χ3v) is 4.27. The van der Waals surface area contributed by atoms with E-state index in [2.05, 4.69) is 15.2 Å². The quantitative estimate of drug-likeness (QED) is 0.234. The van der Waals surface area contributed by atoms with E-state index >= 15 is 0 Å². The summed E-state index contributed by atoms with van der Waals surface area (Å²) < 4.78 is 29.1. The van der Waals surface area contributed by atoms with Gasteiger partial charge in [-0.25, -0.2) is 4.39 Å². The van der Waals surface area contributed by atoms with Crippen LogP contribution in [0.5, 0.6) is 5.75 Å². The van der Waals surface area contributed by atoms with Gasteiger partial charge in [0.2, 0.25) is 0 Å². The highest BCUT2D eigenvalue weighted by Crippen LogP contribution is 2.16. The largest absolute Gasteiger partial charge is 0.494 e. The summed E-state index contributed by atoms with van der Waals surface area (Å²) in [5.74, 6) is 1.89. The standard InChI is InChI=1S/C19H30FN3O3.HI/c1-21-19(23-10-8-16(14-23)15-25-13-12-24-2)22-9-3-11-26-18-6-4-17(20)5-7-18;/h4-7,16H,3,8-15H2,1-2H3,(H,21,22);1H. The molecule has 1 saturated heterocycles. The molecule has 1 N–H and O–H groups in total. The number of halogens is 2. The van der Waals surface area contributed by atoms with Crippen LogP contribution in [0.25, 0.3) is 0 Å². The molecule has 1 unspecified atom stereocenters. The van der Waals surface area contributed by atoms with Crippen LogP contribution >= 0.6 is 24.0 Å². The average molecular weight is 495 g/mol. The lowest BCUT2D eigenvalue weighted by Crippen LogP contribution is -2.40. The topological polar surface area (TPSA) is 55.3 Å². The van der Waals surface area contributed by atoms with Crippen LogP contribution in [0.15, 0.2) is 29.3 Å². The molecule has 2 rings (SSSR count). The highest BCUT2D eigenvalue weighted by Gasteiger charge is 2.24. The zero-order valence-electron chi connectivity index (χ0n) is 16.2. The van der Waals surface area contributed by atoms with Crippen molar-refractivity contribution in [2.24, 2.45) is 10.9 Å². The zero-order chi connectivity index (χ0) is 18.6. The van der Waals surface area contributed by atoms with Crippen LogP contribution in [0.1, 0.15) is 12.8 Å². The average Bonchev–Trinajstić information content (AvgIpc) is 3.12. The van der Waals surface area contributed by atoms with Crippen LogP contribution in [-0.4, -0.2) is 71.1 Å². The maximum Gasteiger partial charge on any atom is 0.193 e. The molecular formula is C19H31FIN3O3. The molecule has 0 spiro atoms. The molecular weight excluding hydrogens is 464 g/mol. The van der Waals surface area contributed by atoms with Crippen LogP contribution in [0.3, 0.4) is 0 Å². The molecule has 1 aliphatic rings. The summed E-state index contributed by atoms with van der Waals surface area (Å²) in [6, 6.07) is 6.08. The SMILES string of the molecule is CN=C(NCCCOc1ccc(F)cc1)N1CCC(COCCOC)C1.I. The fourth-order valence-corrected chi connectivity index (χ4v) is 2.88. The van der Waals surface area contributed by atoms with Gasteiger partial charge in [0.1, 0.15) is 11.6 Å². The molecule has 0 saturated carbocycles. The first-order chi connectivity index (χ1) is 12.7. The van der Waals surface area contributed by atoms with Gasteiger partial charge in [-0.1, -0.05) is 0 Å². The predicted molar refractivity (Wildman–Crippen MR) is 116 cm³/mol. The second-order valence-corrected chi connectivity index (χ2v) is 6.30. The second kappa shape index (κ2) is 14.0. The summed E-state index contributed by atoms with van der Waals surface area (Å²) in [6.45, 7) is 5.35. The van der Waals surface area contributed by atoms with E-state index in [4.69, 9.17) is 14.2 Å². The molecule has 0 aliphatic carbocycles. The van der Waals surface area contributed by atoms with E-state index in [-0.39, 0.29) is 29.8 Å². The third-order valence-electron chi connectivity index (χ3n) is 4.27. The number of nitrogens with zero attached hydrogens (tertiary/aromatic N) is 2. The van der Waals surface area contributed by atoms with Crippen LogP contribution < -0.4 is 10.1 Å². The minimum Gasteiger partial charge on any atom is -0.494 e. The van der Waals surface area contributed by atoms with Gasteiger partial charge in [-0.05, 0) is 37.1 Å². The summed E-state index contributed by atoms with van der Waals surface area (Å²) in [5.41, 5.74) is 0. The lowest BCUT2D eigenvalue weighted by molar-refractivity contribution is 0.0536. The number of hydrogen-bond donors (Lipinski definition) is 1. The molecule has 1 atom stereocenters. The van der Waals surface area contributed by atoms with Crippen molar-refractivity contribution in [3.05, 3.63) is 30.1 Å². The van der Waals surface area contributed by atoms with Gasteiger partial charge in [0, 0.05) is 39.7 Å². The minimum atomic E-state index is -0.254. The molecule has 0 radical (unpaired) electrons. The zero-order valence-corrected chi connectivity index (χ0v) is 18.5. The van der Waals surface area contributed by atoms with Crippen molar-refractivity contribution in [1.29, 1.82) is 0 Å². The predicted octanol–water partition coefficient (Wildman–Crippen LogP) is 2.77. The Morgan fingerprint density at radius 3 is 2.74 bits per heavy atom. The van der Waals surface area contributed by atoms with Crippen molar-refractivity contribution in [1.82, 2.24) is 10.2 Å². The molecule has 0 aromatic heterocycles. The van der Waals surface area contributed by atoms with E-state index in [0.717, 1.165) is 45.0 Å². The first-order valence-electron chi connectivity index (χ1n) is 9.13. The molecule has 8 heteroatoms. The number of hydrogen-bond acceptors (Lipinski definition) is 4. The van der Waals surface area contributed by atoms with E-state index in [1.54, 1.807) is 26.3 Å². The van der Waals surface area contributed by atoms with Gasteiger partial charge < -0.3 is 24.4 Å². The van der Waals surface area contributed by atoms with Crippen molar-refractivity contribution in [3.8, 4) is 5.75 Å². The molecule has 154 valence electrons. The van der Waals surface area contributed by atoms with Crippen molar-refractivity contribution >= 4 is 29.9 Å². The number of nitrogens with one attached hydrogen (secondary N) is 1. The van der Waals surface area contributed by atoms with E-state index < -0.39 is 0 Å². The molecule has 1 aromatic carbocycles. The Hall–Kier alpha value is -1.13. The molecule has 0 bridgehead atoms. The Morgan fingerprint density at radius 2 is 2.04 bits per heavy atom. The maximum atomic E-state index is 12.8. The maximum absolute atomic E-state index is 12.8. The van der Waals surface area contributed by atoms with Crippen LogP contribution in [-0.2, 0) is 9.47 Å². The smallest absolute Gasteiger partial charge is 0.193 e. The minimum absolute atomic E-state index is 0. The van der Waals surface area contributed by atoms with Crippen molar-refractivity contribution in [3.63, 3.8) is 0 Å². The van der Waals surface area contributed by atoms with Gasteiger partial charge >= 0.3 is 0 Å². The highest BCUT2D eigenvalue weighted by molar-refractivity contribution is 14.0. The number of methoxy groups -OCH3 is 1. The lowest BCUT2D eigenvalue weighted by atomic mass is 10.1. The molecule has 1 aromatic rings. The normalized spacial score (nSPS) is 16.9. The summed E-state index contributed by atoms with van der Waals surface area (Å²) in [6.07, 6.45) is 1.95. The van der Waals surface area contributed by atoms with Gasteiger partial charge in [-0.2, -0.15) is 0 Å². The number of benzene rings is 1. The summed E-state index contributed by atoms with van der Waals surface area (Å²) in [4.78, 5) is 6.64. The Balaban J connectivity index is 0.00000364. The fourth-order valence-electron chi connectivity index (χ4n) is 2.88. The third kappa shape index (κ3) is 9.07. The first kappa shape index (κ1) is 23.9. The van der Waals surface area contributed by atoms with E-state index in [1.807, 2.05) is 0 Å². The number of ether oxygens (including phenoxy) is 3. The molecule has 1 fully saturated rings. The molecule has 1 heterocycles. The van der Waals surface area contributed by atoms with Gasteiger partial charge in [-0.3, -0.25) is 4.99 Å². The van der Waals surface area contributed by atoms with Gasteiger partial charge in [0.25, 0.3) is 0 Å². The number of likely N-dealkylation sites (tertiary alicyclic amines) is 1. The van der Waals surface area contributed by atoms with Gasteiger partial charge in [0.15, 0.2) is 5.96 Å². The Bertz CT molecular complexity index is 546. The van der Waals surface area contributed by atoms with Crippen LogP contribution in [0, 0.1) is 11.7 Å². The Labute approximate surface area is 178 Å². The van der Waals surface area contributed by atoms with Crippen molar-refractivity contribution in [2.75, 3.05) is 60.2 Å². The van der Waals surface area contributed by atoms with Crippen molar-refractivity contribution < 1.29 is 18.6 Å². The summed E-state index contributed by atoms with van der Waals surface area (Å²) in [5, 5.41) is 3.38. The second-order valence-electron chi connectivity index (χ2n) is 6.30. The van der Waals surface area contributed by atoms with Crippen LogP contribution in [0.4, 0.5) is 4.39 Å². The molecule has 27 heavy (non-hydrogen) atoms. The fraction of sp³-hybridized carbons (Fsp3) is 0.632. The Kier molecular flexibility index (Phi) is 12.4. The molecule has 1 aliphatic heterocycles. The summed E-state index contributed by atoms with van der Waals surface area (Å²) >= 11 is 0. The van der Waals surface area contributed by atoms with E-state index in [9.17, 15) is 4.39 Å². The van der Waals surface area contributed by atoms with E-state index in [0.29, 0.717) is 31.5 Å². The van der Waals surface area contributed by atoms with Gasteiger partial charge in [0.05, 0.1) is 26.4 Å². The molecule has 6 nitrogen and oxygen atoms in total. The van der Waals surface area contributed by atoms with Crippen LogP contribution in [0.2, 0.25) is 0 Å². The van der Waals surface area contributed by atoms with Crippen molar-refractivity contribution in [2.45, 2.75) is 12.8 Å². The van der Waals surface area contributed by atoms with E-state index in [1.165, 1.54) is 12.1 Å². The highest BCUT2D eigenvalue weighted by atomic mass is 127. The molecule has 0 amide bonds. The number of rotatable bonds is 10. The lowest BCUT2D eigenvalue weighted by Gasteiger charge is -2.21. The van der Waals surface area contributed by atoms with Gasteiger partial charge in [-0.15, -0.1) is 24.0 Å². The number of aliphatic imine (C=N–C) groups is 1. The monoisotopic (exact) mass is 495 g/mol.